The summed E-state index contributed by atoms with van der Waals surface area (Å²) >= 11 is 11.7. The van der Waals surface area contributed by atoms with Crippen molar-refractivity contribution in [3.8, 4) is 11.5 Å². The van der Waals surface area contributed by atoms with Crippen LogP contribution in [0.15, 0.2) is 42.5 Å². The predicted molar refractivity (Wildman–Crippen MR) is 114 cm³/mol. The topological polar surface area (TPSA) is 135 Å². The summed E-state index contributed by atoms with van der Waals surface area (Å²) in [6.45, 7) is -0.835. The van der Waals surface area contributed by atoms with Crippen LogP contribution < -0.4 is 31.0 Å². The van der Waals surface area contributed by atoms with Crippen LogP contribution in [-0.4, -0.2) is 49.4 Å². The van der Waals surface area contributed by atoms with E-state index in [1.807, 2.05) is 0 Å². The van der Waals surface area contributed by atoms with Crippen LogP contribution in [0.25, 0.3) is 0 Å². The summed E-state index contributed by atoms with van der Waals surface area (Å²) in [5.74, 6) is -1.56. The van der Waals surface area contributed by atoms with Crippen LogP contribution >= 0.6 is 23.2 Å². The van der Waals surface area contributed by atoms with Gasteiger partial charge in [0.1, 0.15) is 6.61 Å². The molecular formula is C20H18Cl2N4O6. The summed E-state index contributed by atoms with van der Waals surface area (Å²) in [5.41, 5.74) is 4.51. The van der Waals surface area contributed by atoms with E-state index in [9.17, 15) is 19.2 Å². The Bertz CT molecular complexity index is 1050. The Hall–Kier alpha value is -3.50. The van der Waals surface area contributed by atoms with E-state index in [1.54, 1.807) is 24.3 Å². The number of para-hydroxylation sites is 2. The Balaban J connectivity index is 1.35. The number of ether oxygens (including phenoxy) is 2. The van der Waals surface area contributed by atoms with Gasteiger partial charge in [0, 0.05) is 5.02 Å². The molecule has 4 N–H and O–H groups in total. The van der Waals surface area contributed by atoms with Gasteiger partial charge in [0.15, 0.2) is 11.5 Å². The minimum Gasteiger partial charge on any atom is -0.485 e. The molecule has 0 aliphatic carbocycles. The van der Waals surface area contributed by atoms with Gasteiger partial charge < -0.3 is 20.1 Å². The van der Waals surface area contributed by atoms with Crippen molar-refractivity contribution in [1.29, 1.82) is 0 Å². The molecule has 0 radical (unpaired) electrons. The van der Waals surface area contributed by atoms with Crippen LogP contribution in [0.3, 0.4) is 0 Å². The molecule has 0 fully saturated rings. The second-order valence-corrected chi connectivity index (χ2v) is 7.33. The first-order valence-corrected chi connectivity index (χ1v) is 10.1. The SMILES string of the molecule is O=C(CNC(=O)c1ccc(Cl)cc1Cl)NCC(=O)NNC(=O)C1COc2ccccc2O1. The molecule has 1 aliphatic rings. The zero-order chi connectivity index (χ0) is 23.1. The smallest absolute Gasteiger partial charge is 0.283 e. The number of fused-ring (bicyclic) bond motifs is 1. The normalized spacial score (nSPS) is 14.1. The lowest BCUT2D eigenvalue weighted by Crippen LogP contribution is -2.53. The molecule has 0 spiro atoms. The molecule has 2 aromatic carbocycles. The fourth-order valence-corrected chi connectivity index (χ4v) is 3.07. The second-order valence-electron chi connectivity index (χ2n) is 6.49. The maximum atomic E-state index is 12.1. The molecule has 1 unspecified atom stereocenters. The molecule has 32 heavy (non-hydrogen) atoms. The van der Waals surface area contributed by atoms with Crippen LogP contribution in [0.1, 0.15) is 10.4 Å². The summed E-state index contributed by atoms with van der Waals surface area (Å²) in [4.78, 5) is 47.9. The van der Waals surface area contributed by atoms with Crippen molar-refractivity contribution in [3.05, 3.63) is 58.1 Å². The highest BCUT2D eigenvalue weighted by atomic mass is 35.5. The van der Waals surface area contributed by atoms with Crippen molar-refractivity contribution in [2.45, 2.75) is 6.10 Å². The van der Waals surface area contributed by atoms with E-state index in [0.717, 1.165) is 0 Å². The number of nitrogens with one attached hydrogen (secondary N) is 4. The van der Waals surface area contributed by atoms with Crippen molar-refractivity contribution < 1.29 is 28.7 Å². The van der Waals surface area contributed by atoms with Gasteiger partial charge in [-0.15, -0.1) is 0 Å². The van der Waals surface area contributed by atoms with Gasteiger partial charge in [-0.2, -0.15) is 0 Å². The number of rotatable bonds is 6. The molecule has 1 heterocycles. The Kier molecular flexibility index (Phi) is 7.74. The molecule has 0 aromatic heterocycles. The number of amides is 4. The van der Waals surface area contributed by atoms with Gasteiger partial charge in [-0.3, -0.25) is 30.0 Å². The zero-order valence-electron chi connectivity index (χ0n) is 16.4. The summed E-state index contributed by atoms with van der Waals surface area (Å²) in [5, 5.41) is 5.19. The molecular weight excluding hydrogens is 463 g/mol. The number of hydrogen-bond acceptors (Lipinski definition) is 6. The zero-order valence-corrected chi connectivity index (χ0v) is 18.0. The number of hydrogen-bond donors (Lipinski definition) is 4. The van der Waals surface area contributed by atoms with Crippen molar-refractivity contribution in [3.63, 3.8) is 0 Å². The van der Waals surface area contributed by atoms with Gasteiger partial charge in [-0.05, 0) is 30.3 Å². The van der Waals surface area contributed by atoms with Crippen molar-refractivity contribution in [2.75, 3.05) is 19.7 Å². The highest BCUT2D eigenvalue weighted by molar-refractivity contribution is 6.36. The fraction of sp³-hybridized carbons (Fsp3) is 0.200. The molecule has 2 aromatic rings. The Labute approximate surface area is 192 Å². The Morgan fingerprint density at radius 2 is 1.62 bits per heavy atom. The van der Waals surface area contributed by atoms with E-state index in [4.69, 9.17) is 32.7 Å². The molecule has 1 aliphatic heterocycles. The molecule has 168 valence electrons. The standard InChI is InChI=1S/C20H18Cl2N4O6/c21-11-5-6-12(13(22)7-11)19(29)24-8-17(27)23-9-18(28)25-26-20(30)16-10-31-14-3-1-2-4-15(14)32-16/h1-7,16H,8-10H2,(H,23,27)(H,24,29)(H,25,28)(H,26,30). The first-order chi connectivity index (χ1) is 15.3. The quantitative estimate of drug-likeness (QED) is 0.452. The summed E-state index contributed by atoms with van der Waals surface area (Å²) < 4.78 is 10.9. The predicted octanol–water partition coefficient (Wildman–Crippen LogP) is 0.827. The maximum Gasteiger partial charge on any atom is 0.283 e. The molecule has 0 saturated carbocycles. The Morgan fingerprint density at radius 3 is 2.38 bits per heavy atom. The monoisotopic (exact) mass is 480 g/mol. The molecule has 3 rings (SSSR count). The first-order valence-electron chi connectivity index (χ1n) is 9.30. The highest BCUT2D eigenvalue weighted by Crippen LogP contribution is 2.30. The molecule has 0 saturated heterocycles. The van der Waals surface area contributed by atoms with E-state index in [-0.39, 0.29) is 23.7 Å². The average Bonchev–Trinajstić information content (AvgIpc) is 2.79. The average molecular weight is 481 g/mol. The minimum atomic E-state index is -0.949. The van der Waals surface area contributed by atoms with Gasteiger partial charge in [0.2, 0.25) is 12.0 Å². The number of carbonyl (C=O) groups is 4. The highest BCUT2D eigenvalue weighted by Gasteiger charge is 2.27. The molecule has 10 nitrogen and oxygen atoms in total. The first kappa shape index (κ1) is 23.2. The van der Waals surface area contributed by atoms with E-state index >= 15 is 0 Å². The van der Waals surface area contributed by atoms with Crippen LogP contribution in [0.5, 0.6) is 11.5 Å². The molecule has 12 heteroatoms. The van der Waals surface area contributed by atoms with Gasteiger partial charge in [-0.1, -0.05) is 35.3 Å². The van der Waals surface area contributed by atoms with Crippen LogP contribution in [0, 0.1) is 0 Å². The van der Waals surface area contributed by atoms with Gasteiger partial charge in [0.25, 0.3) is 17.7 Å². The largest absolute Gasteiger partial charge is 0.485 e. The fourth-order valence-electron chi connectivity index (χ4n) is 2.58. The molecule has 1 atom stereocenters. The van der Waals surface area contributed by atoms with Crippen LogP contribution in [0.2, 0.25) is 10.0 Å². The summed E-state index contributed by atoms with van der Waals surface area (Å²) in [6, 6.07) is 11.2. The third kappa shape index (κ3) is 6.25. The maximum absolute atomic E-state index is 12.1. The van der Waals surface area contributed by atoms with Crippen LogP contribution in [0.4, 0.5) is 0 Å². The minimum absolute atomic E-state index is 0.0210. The second kappa shape index (κ2) is 10.7. The number of halogens is 2. The number of carbonyl (C=O) groups excluding carboxylic acids is 4. The van der Waals surface area contributed by atoms with Gasteiger partial charge in [-0.25, -0.2) is 0 Å². The lowest BCUT2D eigenvalue weighted by Gasteiger charge is -2.25. The molecule has 4 amide bonds. The van der Waals surface area contributed by atoms with E-state index in [1.165, 1.54) is 18.2 Å². The molecule has 0 bridgehead atoms. The third-order valence-corrected chi connectivity index (χ3v) is 4.71. The van der Waals surface area contributed by atoms with Gasteiger partial charge >= 0.3 is 0 Å². The van der Waals surface area contributed by atoms with E-state index in [0.29, 0.717) is 16.5 Å². The van der Waals surface area contributed by atoms with E-state index < -0.39 is 36.3 Å². The summed E-state index contributed by atoms with van der Waals surface area (Å²) in [6.07, 6.45) is -0.949. The van der Waals surface area contributed by atoms with E-state index in [2.05, 4.69) is 21.5 Å². The lowest BCUT2D eigenvalue weighted by atomic mass is 10.2. The van der Waals surface area contributed by atoms with Crippen molar-refractivity contribution >= 4 is 46.8 Å². The Morgan fingerprint density at radius 1 is 0.906 bits per heavy atom. The number of benzene rings is 2. The third-order valence-electron chi connectivity index (χ3n) is 4.16. The van der Waals surface area contributed by atoms with Crippen molar-refractivity contribution in [2.24, 2.45) is 0 Å². The van der Waals surface area contributed by atoms with Crippen LogP contribution in [-0.2, 0) is 14.4 Å². The lowest BCUT2D eigenvalue weighted by molar-refractivity contribution is -0.135. The summed E-state index contributed by atoms with van der Waals surface area (Å²) in [7, 11) is 0. The van der Waals surface area contributed by atoms with Gasteiger partial charge in [0.05, 0.1) is 23.7 Å². The van der Waals surface area contributed by atoms with Crippen molar-refractivity contribution in [1.82, 2.24) is 21.5 Å². The number of hydrazine groups is 1.